The van der Waals surface area contributed by atoms with Gasteiger partial charge in [-0.3, -0.25) is 19.0 Å². The van der Waals surface area contributed by atoms with Crippen molar-refractivity contribution >= 4 is 0 Å². The molecule has 0 amide bonds. The van der Waals surface area contributed by atoms with E-state index in [0.29, 0.717) is 29.4 Å². The molecule has 9 nitrogen and oxygen atoms in total. The molecule has 3 heterocycles. The Morgan fingerprint density at radius 1 is 0.974 bits per heavy atom. The number of aromatic hydroxyl groups is 1. The summed E-state index contributed by atoms with van der Waals surface area (Å²) in [4.78, 5) is 21.9. The number of methoxy groups -OCH3 is 2. The number of hydrogen-bond acceptors (Lipinski definition) is 7. The Balaban J connectivity index is 1.66. The number of rotatable bonds is 8. The lowest BCUT2D eigenvalue weighted by molar-refractivity contribution is 0.381. The molecule has 5 aromatic rings. The number of aryl methyl sites for hydroxylation is 2. The van der Waals surface area contributed by atoms with Crippen LogP contribution >= 0.6 is 0 Å². The molecule has 2 aromatic carbocycles. The molecular formula is C30H29N5O4. The summed E-state index contributed by atoms with van der Waals surface area (Å²) in [6.45, 7) is 4.61. The van der Waals surface area contributed by atoms with Crippen LogP contribution in [0, 0.1) is 6.92 Å². The first-order chi connectivity index (χ1) is 18.9. The molecular weight excluding hydrogens is 494 g/mol. The molecule has 39 heavy (non-hydrogen) atoms. The van der Waals surface area contributed by atoms with Gasteiger partial charge in [-0.05, 0) is 60.4 Å². The number of hydrogen-bond donors (Lipinski definition) is 1. The number of nitrogens with zero attached hydrogens (tertiary/aromatic N) is 5. The fourth-order valence-corrected chi connectivity index (χ4v) is 4.60. The van der Waals surface area contributed by atoms with Crippen LogP contribution < -0.4 is 15.0 Å². The second-order valence-corrected chi connectivity index (χ2v) is 9.01. The minimum absolute atomic E-state index is 0.148. The molecule has 0 fully saturated rings. The molecule has 1 N–H and O–H groups in total. The second kappa shape index (κ2) is 10.8. The second-order valence-electron chi connectivity index (χ2n) is 9.01. The summed E-state index contributed by atoms with van der Waals surface area (Å²) in [6, 6.07) is 16.9. The molecule has 0 unspecified atom stereocenters. The average Bonchev–Trinajstić information content (AvgIpc) is 3.45. The van der Waals surface area contributed by atoms with Crippen molar-refractivity contribution in [3.05, 3.63) is 100 Å². The van der Waals surface area contributed by atoms with E-state index in [1.165, 1.54) is 18.8 Å². The first-order valence-corrected chi connectivity index (χ1v) is 12.5. The van der Waals surface area contributed by atoms with Crippen molar-refractivity contribution in [2.45, 2.75) is 26.8 Å². The standard InChI is InChI=1S/C30H29N5O4/c1-5-34-16-14-24(33-34)28-32-29(36)23(30(37)35(28)27-25(38-3)7-6-8-26(27)39-4)17-20-9-11-21(12-10-20)22-13-15-31-18-19(22)2/h6-16,18,37H,5,17H2,1-4H3. The van der Waals surface area contributed by atoms with Crippen LogP contribution in [-0.2, 0) is 13.0 Å². The Hall–Kier alpha value is -4.92. The highest BCUT2D eigenvalue weighted by molar-refractivity contribution is 5.67. The molecule has 5 rings (SSSR count). The molecule has 3 aromatic heterocycles. The third-order valence-corrected chi connectivity index (χ3v) is 6.64. The van der Waals surface area contributed by atoms with Crippen LogP contribution in [0.25, 0.3) is 28.3 Å². The first-order valence-electron chi connectivity index (χ1n) is 12.5. The third kappa shape index (κ3) is 4.86. The third-order valence-electron chi connectivity index (χ3n) is 6.64. The molecule has 9 heteroatoms. The van der Waals surface area contributed by atoms with Gasteiger partial charge in [0.2, 0.25) is 5.88 Å². The van der Waals surface area contributed by atoms with Gasteiger partial charge in [0.25, 0.3) is 5.56 Å². The summed E-state index contributed by atoms with van der Waals surface area (Å²) in [5, 5.41) is 16.2. The summed E-state index contributed by atoms with van der Waals surface area (Å²) in [5.74, 6) is 0.802. The molecule has 0 saturated carbocycles. The van der Waals surface area contributed by atoms with Crippen molar-refractivity contribution in [1.82, 2.24) is 24.3 Å². The zero-order valence-electron chi connectivity index (χ0n) is 22.3. The van der Waals surface area contributed by atoms with Crippen molar-refractivity contribution in [2.75, 3.05) is 14.2 Å². The molecule has 0 atom stereocenters. The summed E-state index contributed by atoms with van der Waals surface area (Å²) >= 11 is 0. The Bertz CT molecular complexity index is 1670. The van der Waals surface area contributed by atoms with Gasteiger partial charge in [-0.2, -0.15) is 10.1 Å². The Labute approximate surface area is 226 Å². The van der Waals surface area contributed by atoms with E-state index in [-0.39, 0.29) is 23.7 Å². The Morgan fingerprint density at radius 2 is 1.69 bits per heavy atom. The predicted molar refractivity (Wildman–Crippen MR) is 149 cm³/mol. The molecule has 0 aliphatic heterocycles. The Kier molecular flexibility index (Phi) is 7.14. The molecule has 0 spiro atoms. The van der Waals surface area contributed by atoms with Crippen LogP contribution in [0.1, 0.15) is 23.6 Å². The average molecular weight is 524 g/mol. The lowest BCUT2D eigenvalue weighted by Crippen LogP contribution is -2.21. The van der Waals surface area contributed by atoms with Gasteiger partial charge < -0.3 is 14.6 Å². The summed E-state index contributed by atoms with van der Waals surface area (Å²) in [7, 11) is 3.06. The maximum atomic E-state index is 13.4. The lowest BCUT2D eigenvalue weighted by Gasteiger charge is -2.20. The largest absolute Gasteiger partial charge is 0.494 e. The zero-order valence-corrected chi connectivity index (χ0v) is 22.3. The van der Waals surface area contributed by atoms with Crippen molar-refractivity contribution in [3.63, 3.8) is 0 Å². The molecule has 0 radical (unpaired) electrons. The molecule has 0 saturated heterocycles. The van der Waals surface area contributed by atoms with Gasteiger partial charge >= 0.3 is 0 Å². The summed E-state index contributed by atoms with van der Waals surface area (Å²) in [6.07, 6.45) is 5.56. The van der Waals surface area contributed by atoms with Crippen LogP contribution in [0.5, 0.6) is 17.4 Å². The number of aromatic nitrogens is 5. The van der Waals surface area contributed by atoms with E-state index in [4.69, 9.17) is 9.47 Å². The van der Waals surface area contributed by atoms with Crippen molar-refractivity contribution < 1.29 is 14.6 Å². The zero-order chi connectivity index (χ0) is 27.5. The van der Waals surface area contributed by atoms with E-state index >= 15 is 0 Å². The van der Waals surface area contributed by atoms with Gasteiger partial charge in [-0.25, -0.2) is 0 Å². The Morgan fingerprint density at radius 3 is 2.31 bits per heavy atom. The molecule has 0 aliphatic carbocycles. The van der Waals surface area contributed by atoms with Gasteiger partial charge in [-0.15, -0.1) is 0 Å². The van der Waals surface area contributed by atoms with E-state index < -0.39 is 5.56 Å². The quantitative estimate of drug-likeness (QED) is 0.312. The summed E-state index contributed by atoms with van der Waals surface area (Å²) < 4.78 is 14.4. The van der Waals surface area contributed by atoms with Crippen LogP contribution in [0.4, 0.5) is 0 Å². The van der Waals surface area contributed by atoms with Crippen LogP contribution in [0.3, 0.4) is 0 Å². The van der Waals surface area contributed by atoms with Gasteiger partial charge in [-0.1, -0.05) is 30.3 Å². The normalized spacial score (nSPS) is 11.0. The van der Waals surface area contributed by atoms with E-state index in [1.807, 2.05) is 50.4 Å². The number of benzene rings is 2. The van der Waals surface area contributed by atoms with Crippen molar-refractivity contribution in [1.29, 1.82) is 0 Å². The fourth-order valence-electron chi connectivity index (χ4n) is 4.60. The SMILES string of the molecule is CCn1ccc(-c2nc(=O)c(Cc3ccc(-c4ccncc4C)cc3)c(O)n2-c2c(OC)cccc2OC)n1. The highest BCUT2D eigenvalue weighted by Gasteiger charge is 2.25. The summed E-state index contributed by atoms with van der Waals surface area (Å²) in [5.41, 5.74) is 4.51. The van der Waals surface area contributed by atoms with E-state index in [1.54, 1.807) is 41.3 Å². The van der Waals surface area contributed by atoms with Gasteiger partial charge in [0.15, 0.2) is 5.82 Å². The van der Waals surface area contributed by atoms with Gasteiger partial charge in [0.1, 0.15) is 22.9 Å². The number of para-hydroxylation sites is 1. The molecule has 0 bridgehead atoms. The fraction of sp³-hybridized carbons (Fsp3) is 0.200. The minimum Gasteiger partial charge on any atom is -0.494 e. The smallest absolute Gasteiger partial charge is 0.280 e. The maximum Gasteiger partial charge on any atom is 0.280 e. The first kappa shape index (κ1) is 25.7. The van der Waals surface area contributed by atoms with E-state index in [0.717, 1.165) is 22.3 Å². The van der Waals surface area contributed by atoms with Crippen LogP contribution in [-0.4, -0.2) is 43.6 Å². The topological polar surface area (TPSA) is 104 Å². The van der Waals surface area contributed by atoms with E-state index in [9.17, 15) is 9.90 Å². The highest BCUT2D eigenvalue weighted by Crippen LogP contribution is 2.38. The van der Waals surface area contributed by atoms with Crippen molar-refractivity contribution in [2.24, 2.45) is 0 Å². The molecule has 198 valence electrons. The van der Waals surface area contributed by atoms with Crippen molar-refractivity contribution in [3.8, 4) is 45.7 Å². The number of ether oxygens (including phenoxy) is 2. The number of pyridine rings is 1. The van der Waals surface area contributed by atoms with Crippen LogP contribution in [0.15, 0.2) is 78.0 Å². The highest BCUT2D eigenvalue weighted by atomic mass is 16.5. The van der Waals surface area contributed by atoms with Gasteiger partial charge in [0.05, 0.1) is 19.8 Å². The maximum absolute atomic E-state index is 13.4. The molecule has 0 aliphatic rings. The predicted octanol–water partition coefficient (Wildman–Crippen LogP) is 4.80. The lowest BCUT2D eigenvalue weighted by atomic mass is 9.99. The van der Waals surface area contributed by atoms with Gasteiger partial charge in [0, 0.05) is 31.6 Å². The van der Waals surface area contributed by atoms with Crippen LogP contribution in [0.2, 0.25) is 0 Å². The van der Waals surface area contributed by atoms with E-state index in [2.05, 4.69) is 15.1 Å². The monoisotopic (exact) mass is 523 g/mol. The minimum atomic E-state index is -0.535.